The van der Waals surface area contributed by atoms with Crippen molar-refractivity contribution in [1.82, 2.24) is 4.31 Å². The summed E-state index contributed by atoms with van der Waals surface area (Å²) in [5, 5.41) is 2.83. The number of hydrogen-bond donors (Lipinski definition) is 1. The van der Waals surface area contributed by atoms with Crippen LogP contribution in [0.2, 0.25) is 0 Å². The number of sulfonamides is 1. The Kier molecular flexibility index (Phi) is 6.85. The van der Waals surface area contributed by atoms with Crippen LogP contribution in [0.3, 0.4) is 0 Å². The molecule has 6 nitrogen and oxygen atoms in total. The van der Waals surface area contributed by atoms with Gasteiger partial charge in [0.05, 0.1) is 18.0 Å². The van der Waals surface area contributed by atoms with Gasteiger partial charge in [0.15, 0.2) is 0 Å². The number of carbonyl (C=O) groups is 1. The minimum Gasteiger partial charge on any atom is -0.494 e. The Balaban J connectivity index is 2.16. The van der Waals surface area contributed by atoms with Gasteiger partial charge in [-0.2, -0.15) is 4.31 Å². The molecule has 1 amide bonds. The lowest BCUT2D eigenvalue weighted by atomic mass is 10.1. The molecule has 0 saturated carbocycles. The van der Waals surface area contributed by atoms with E-state index in [-0.39, 0.29) is 17.3 Å². The Morgan fingerprint density at radius 2 is 1.64 bits per heavy atom. The maximum Gasteiger partial charge on any atom is 0.243 e. The topological polar surface area (TPSA) is 75.7 Å². The average molecular weight is 405 g/mol. The highest BCUT2D eigenvalue weighted by atomic mass is 32.2. The average Bonchev–Trinajstić information content (AvgIpc) is 2.59. The molecule has 7 heteroatoms. The molecule has 0 fully saturated rings. The van der Waals surface area contributed by atoms with Gasteiger partial charge in [-0.15, -0.1) is 0 Å². The predicted octanol–water partition coefficient (Wildman–Crippen LogP) is 3.58. The van der Waals surface area contributed by atoms with Crippen LogP contribution in [0.1, 0.15) is 29.2 Å². The van der Waals surface area contributed by atoms with Crippen LogP contribution >= 0.6 is 0 Å². The van der Waals surface area contributed by atoms with E-state index in [0.29, 0.717) is 12.4 Å². The molecule has 0 radical (unpaired) electrons. The number of likely N-dealkylation sites (N-methyl/N-ethyl adjacent to an activating group) is 1. The van der Waals surface area contributed by atoms with E-state index in [0.717, 1.165) is 32.2 Å². The highest BCUT2D eigenvalue weighted by Crippen LogP contribution is 2.24. The summed E-state index contributed by atoms with van der Waals surface area (Å²) in [7, 11) is -2.39. The van der Waals surface area contributed by atoms with Crippen molar-refractivity contribution in [2.45, 2.75) is 39.5 Å². The number of carbonyl (C=O) groups excluding carboxylic acids is 1. The van der Waals surface area contributed by atoms with Gasteiger partial charge in [0.2, 0.25) is 15.9 Å². The first-order valence-electron chi connectivity index (χ1n) is 9.13. The fourth-order valence-corrected chi connectivity index (χ4v) is 4.34. The third-order valence-corrected chi connectivity index (χ3v) is 6.26. The number of rotatable bonds is 7. The molecule has 2 rings (SSSR count). The van der Waals surface area contributed by atoms with Crippen molar-refractivity contribution in [3.8, 4) is 5.75 Å². The second kappa shape index (κ2) is 8.75. The number of hydrogen-bond acceptors (Lipinski definition) is 4. The molecule has 0 aliphatic carbocycles. The van der Waals surface area contributed by atoms with Gasteiger partial charge in [0, 0.05) is 12.7 Å². The van der Waals surface area contributed by atoms with E-state index in [1.165, 1.54) is 13.1 Å². The van der Waals surface area contributed by atoms with Crippen molar-refractivity contribution in [3.63, 3.8) is 0 Å². The fraction of sp³-hybridized carbons (Fsp3) is 0.381. The summed E-state index contributed by atoms with van der Waals surface area (Å²) in [6.07, 6.45) is 0. The first-order chi connectivity index (χ1) is 13.1. The van der Waals surface area contributed by atoms with Gasteiger partial charge in [-0.3, -0.25) is 4.79 Å². The van der Waals surface area contributed by atoms with Crippen molar-refractivity contribution in [2.75, 3.05) is 25.5 Å². The van der Waals surface area contributed by atoms with Gasteiger partial charge >= 0.3 is 0 Å². The molecular weight excluding hydrogens is 376 g/mol. The molecule has 0 heterocycles. The molecular formula is C21H28N2O4S. The number of nitrogens with zero attached hydrogens (tertiary/aromatic N) is 1. The summed E-state index contributed by atoms with van der Waals surface area (Å²) >= 11 is 0. The first kappa shape index (κ1) is 21.9. The first-order valence-corrected chi connectivity index (χ1v) is 10.6. The Labute approximate surface area is 167 Å². The van der Waals surface area contributed by atoms with E-state index in [2.05, 4.69) is 5.32 Å². The molecule has 152 valence electrons. The Morgan fingerprint density at radius 1 is 1.04 bits per heavy atom. The van der Waals surface area contributed by atoms with Crippen LogP contribution in [0.25, 0.3) is 0 Å². The fourth-order valence-electron chi connectivity index (χ4n) is 3.12. The molecule has 0 saturated heterocycles. The van der Waals surface area contributed by atoms with Crippen LogP contribution in [0.15, 0.2) is 35.2 Å². The zero-order chi connectivity index (χ0) is 21.1. The number of anilines is 1. The van der Waals surface area contributed by atoms with Gasteiger partial charge in [-0.1, -0.05) is 17.7 Å². The predicted molar refractivity (Wildman–Crippen MR) is 111 cm³/mol. The number of amides is 1. The third kappa shape index (κ3) is 4.91. The Hall–Kier alpha value is -2.38. The maximum absolute atomic E-state index is 12.8. The standard InChI is InChI=1S/C21H28N2O4S/c1-7-27-19-9-8-18(12-15(19)3)28(25,26)23(6)13-20(24)22-21-16(4)10-14(2)11-17(21)5/h8-12H,7,13H2,1-6H3,(H,22,24). The quantitative estimate of drug-likeness (QED) is 0.765. The van der Waals surface area contributed by atoms with Crippen molar-refractivity contribution in [3.05, 3.63) is 52.6 Å². The normalized spacial score (nSPS) is 11.5. The molecule has 28 heavy (non-hydrogen) atoms. The summed E-state index contributed by atoms with van der Waals surface area (Å²) in [5.74, 6) is 0.260. The van der Waals surface area contributed by atoms with E-state index >= 15 is 0 Å². The molecule has 0 spiro atoms. The highest BCUT2D eigenvalue weighted by Gasteiger charge is 2.24. The Bertz CT molecular complexity index is 961. The van der Waals surface area contributed by atoms with Crippen LogP contribution in [0.4, 0.5) is 5.69 Å². The van der Waals surface area contributed by atoms with Gasteiger partial charge in [-0.25, -0.2) is 8.42 Å². The van der Waals surface area contributed by atoms with E-state index in [1.807, 2.05) is 39.8 Å². The molecule has 2 aromatic carbocycles. The van der Waals surface area contributed by atoms with Gasteiger partial charge in [-0.05, 0) is 69.5 Å². The molecule has 0 bridgehead atoms. The van der Waals surface area contributed by atoms with Crippen molar-refractivity contribution in [1.29, 1.82) is 0 Å². The molecule has 2 aromatic rings. The summed E-state index contributed by atoms with van der Waals surface area (Å²) in [5.41, 5.74) is 4.44. The SMILES string of the molecule is CCOc1ccc(S(=O)(=O)N(C)CC(=O)Nc2c(C)cc(C)cc2C)cc1C. The number of ether oxygens (including phenoxy) is 1. The lowest BCUT2D eigenvalue weighted by Crippen LogP contribution is -2.35. The second-order valence-electron chi connectivity index (χ2n) is 6.94. The lowest BCUT2D eigenvalue weighted by molar-refractivity contribution is -0.116. The second-order valence-corrected chi connectivity index (χ2v) is 8.99. The molecule has 0 unspecified atom stereocenters. The van der Waals surface area contributed by atoms with E-state index in [9.17, 15) is 13.2 Å². The number of aryl methyl sites for hydroxylation is 4. The third-order valence-electron chi connectivity index (χ3n) is 4.46. The minimum absolute atomic E-state index is 0.131. The molecule has 0 atom stereocenters. The zero-order valence-electron chi connectivity index (χ0n) is 17.3. The summed E-state index contributed by atoms with van der Waals surface area (Å²) in [4.78, 5) is 12.6. The Morgan fingerprint density at radius 3 is 2.18 bits per heavy atom. The highest BCUT2D eigenvalue weighted by molar-refractivity contribution is 7.89. The minimum atomic E-state index is -3.79. The summed E-state index contributed by atoms with van der Waals surface area (Å²) < 4.78 is 32.2. The van der Waals surface area contributed by atoms with Gasteiger partial charge in [0.25, 0.3) is 0 Å². The molecule has 0 aromatic heterocycles. The van der Waals surface area contributed by atoms with Gasteiger partial charge in [0.1, 0.15) is 5.75 Å². The van der Waals surface area contributed by atoms with Crippen LogP contribution in [0.5, 0.6) is 5.75 Å². The van der Waals surface area contributed by atoms with Crippen LogP contribution in [-0.4, -0.2) is 38.8 Å². The molecule has 0 aliphatic heterocycles. The number of benzene rings is 2. The summed E-state index contributed by atoms with van der Waals surface area (Å²) in [6, 6.07) is 8.65. The lowest BCUT2D eigenvalue weighted by Gasteiger charge is -2.19. The smallest absolute Gasteiger partial charge is 0.243 e. The van der Waals surface area contributed by atoms with Crippen molar-refractivity contribution >= 4 is 21.6 Å². The van der Waals surface area contributed by atoms with E-state index in [1.54, 1.807) is 19.1 Å². The van der Waals surface area contributed by atoms with Crippen LogP contribution in [0, 0.1) is 27.7 Å². The molecule has 1 N–H and O–H groups in total. The van der Waals surface area contributed by atoms with Crippen molar-refractivity contribution in [2.24, 2.45) is 0 Å². The van der Waals surface area contributed by atoms with Crippen LogP contribution < -0.4 is 10.1 Å². The number of nitrogens with one attached hydrogen (secondary N) is 1. The van der Waals surface area contributed by atoms with Gasteiger partial charge < -0.3 is 10.1 Å². The van der Waals surface area contributed by atoms with Crippen molar-refractivity contribution < 1.29 is 17.9 Å². The van der Waals surface area contributed by atoms with E-state index in [4.69, 9.17) is 4.74 Å². The molecule has 0 aliphatic rings. The largest absolute Gasteiger partial charge is 0.494 e. The van der Waals surface area contributed by atoms with Crippen LogP contribution in [-0.2, 0) is 14.8 Å². The monoisotopic (exact) mass is 404 g/mol. The zero-order valence-corrected chi connectivity index (χ0v) is 18.1. The maximum atomic E-state index is 12.8. The summed E-state index contributed by atoms with van der Waals surface area (Å²) in [6.45, 7) is 9.71. The van der Waals surface area contributed by atoms with E-state index < -0.39 is 10.0 Å².